The van der Waals surface area contributed by atoms with Crippen LogP contribution in [0.2, 0.25) is 0 Å². The molecule has 2 rings (SSSR count). The van der Waals surface area contributed by atoms with Gasteiger partial charge in [-0.2, -0.15) is 0 Å². The minimum Gasteiger partial charge on any atom is -0.321 e. The standard InChI is InChI=1S/C12H23N5/c1-16(2)12(7-5-4-6-8-12)11(13)10-9-14-15-17(10)3/h9,11H,4-8,13H2,1-3H3. The molecule has 1 fully saturated rings. The third kappa shape index (κ3) is 2.09. The van der Waals surface area contributed by atoms with Crippen molar-refractivity contribution in [2.45, 2.75) is 43.7 Å². The van der Waals surface area contributed by atoms with E-state index in [4.69, 9.17) is 5.73 Å². The summed E-state index contributed by atoms with van der Waals surface area (Å²) in [7, 11) is 6.18. The third-order valence-electron chi connectivity index (χ3n) is 4.26. The summed E-state index contributed by atoms with van der Waals surface area (Å²) in [6.07, 6.45) is 7.96. The third-order valence-corrected chi connectivity index (χ3v) is 4.26. The Morgan fingerprint density at radius 3 is 2.47 bits per heavy atom. The largest absolute Gasteiger partial charge is 0.321 e. The first-order valence-electron chi connectivity index (χ1n) is 6.35. The number of aryl methyl sites for hydroxylation is 1. The summed E-state index contributed by atoms with van der Waals surface area (Å²) < 4.78 is 1.80. The average Bonchev–Trinajstić information content (AvgIpc) is 2.75. The number of hydrogen-bond acceptors (Lipinski definition) is 4. The number of nitrogens with two attached hydrogens (primary N) is 1. The van der Waals surface area contributed by atoms with Gasteiger partial charge in [-0.25, -0.2) is 0 Å². The smallest absolute Gasteiger partial charge is 0.0770 e. The number of aromatic nitrogens is 3. The molecular formula is C12H23N5. The summed E-state index contributed by atoms with van der Waals surface area (Å²) in [6, 6.07) is -0.0159. The van der Waals surface area contributed by atoms with Crippen molar-refractivity contribution in [2.75, 3.05) is 14.1 Å². The van der Waals surface area contributed by atoms with Crippen LogP contribution in [0, 0.1) is 0 Å². The minimum absolute atomic E-state index is 0.0159. The Morgan fingerprint density at radius 1 is 1.35 bits per heavy atom. The Kier molecular flexibility index (Phi) is 3.49. The minimum atomic E-state index is -0.0159. The van der Waals surface area contributed by atoms with Crippen LogP contribution >= 0.6 is 0 Å². The lowest BCUT2D eigenvalue weighted by molar-refractivity contribution is 0.0685. The maximum absolute atomic E-state index is 6.51. The molecule has 1 aromatic heterocycles. The van der Waals surface area contributed by atoms with Gasteiger partial charge in [0, 0.05) is 12.6 Å². The molecular weight excluding hydrogens is 214 g/mol. The second kappa shape index (κ2) is 4.74. The molecule has 1 unspecified atom stereocenters. The molecule has 0 radical (unpaired) electrons. The van der Waals surface area contributed by atoms with Crippen molar-refractivity contribution in [3.8, 4) is 0 Å². The Morgan fingerprint density at radius 2 is 2.00 bits per heavy atom. The summed E-state index contributed by atoms with van der Waals surface area (Å²) in [5, 5.41) is 7.93. The molecule has 1 aromatic rings. The first-order valence-corrected chi connectivity index (χ1v) is 6.35. The predicted molar refractivity (Wildman–Crippen MR) is 67.4 cm³/mol. The Hall–Kier alpha value is -0.940. The molecule has 1 aliphatic carbocycles. The van der Waals surface area contributed by atoms with E-state index in [9.17, 15) is 0 Å². The van der Waals surface area contributed by atoms with Gasteiger partial charge >= 0.3 is 0 Å². The van der Waals surface area contributed by atoms with Gasteiger partial charge in [-0.1, -0.05) is 24.5 Å². The monoisotopic (exact) mass is 237 g/mol. The lowest BCUT2D eigenvalue weighted by Crippen LogP contribution is -2.53. The second-order valence-electron chi connectivity index (χ2n) is 5.32. The predicted octanol–water partition coefficient (Wildman–Crippen LogP) is 1.08. The highest BCUT2D eigenvalue weighted by molar-refractivity contribution is 5.12. The zero-order valence-corrected chi connectivity index (χ0v) is 11.1. The summed E-state index contributed by atoms with van der Waals surface area (Å²) in [4.78, 5) is 2.30. The van der Waals surface area contributed by atoms with E-state index in [0.29, 0.717) is 0 Å². The fourth-order valence-electron chi connectivity index (χ4n) is 3.05. The van der Waals surface area contributed by atoms with Gasteiger partial charge in [0.25, 0.3) is 0 Å². The summed E-state index contributed by atoms with van der Waals surface area (Å²) in [6.45, 7) is 0. The molecule has 17 heavy (non-hydrogen) atoms. The molecule has 1 heterocycles. The number of likely N-dealkylation sites (N-methyl/N-ethyl adjacent to an activating group) is 1. The van der Waals surface area contributed by atoms with Crippen molar-refractivity contribution >= 4 is 0 Å². The summed E-state index contributed by atoms with van der Waals surface area (Å²) in [5.74, 6) is 0. The topological polar surface area (TPSA) is 60.0 Å². The van der Waals surface area contributed by atoms with Crippen LogP contribution in [0.4, 0.5) is 0 Å². The van der Waals surface area contributed by atoms with Crippen LogP contribution in [0.25, 0.3) is 0 Å². The van der Waals surface area contributed by atoms with Crippen molar-refractivity contribution in [3.63, 3.8) is 0 Å². The first-order chi connectivity index (χ1) is 8.08. The molecule has 2 N–H and O–H groups in total. The van der Waals surface area contributed by atoms with Gasteiger partial charge in [0.05, 0.1) is 17.9 Å². The lowest BCUT2D eigenvalue weighted by Gasteiger charge is -2.46. The van der Waals surface area contributed by atoms with Crippen LogP contribution < -0.4 is 5.73 Å². The second-order valence-corrected chi connectivity index (χ2v) is 5.32. The SMILES string of the molecule is CN(C)C1(C(N)c2cnnn2C)CCCCC1. The molecule has 0 saturated heterocycles. The Balaban J connectivity index is 2.30. The maximum atomic E-state index is 6.51. The van der Waals surface area contributed by atoms with E-state index >= 15 is 0 Å². The molecule has 96 valence electrons. The lowest BCUT2D eigenvalue weighted by atomic mass is 9.74. The highest BCUT2D eigenvalue weighted by Gasteiger charge is 2.41. The highest BCUT2D eigenvalue weighted by atomic mass is 15.4. The highest BCUT2D eigenvalue weighted by Crippen LogP contribution is 2.40. The number of rotatable bonds is 3. The molecule has 0 amide bonds. The van der Waals surface area contributed by atoms with Crippen molar-refractivity contribution < 1.29 is 0 Å². The average molecular weight is 237 g/mol. The first kappa shape index (κ1) is 12.5. The van der Waals surface area contributed by atoms with Gasteiger partial charge in [0.15, 0.2) is 0 Å². The zero-order valence-electron chi connectivity index (χ0n) is 11.1. The molecule has 5 nitrogen and oxygen atoms in total. The Bertz CT molecular complexity index is 365. The van der Waals surface area contributed by atoms with E-state index in [1.807, 2.05) is 7.05 Å². The van der Waals surface area contributed by atoms with E-state index in [1.54, 1.807) is 10.9 Å². The van der Waals surface area contributed by atoms with E-state index in [2.05, 4.69) is 29.3 Å². The van der Waals surface area contributed by atoms with Gasteiger partial charge in [-0.05, 0) is 26.9 Å². The molecule has 1 saturated carbocycles. The van der Waals surface area contributed by atoms with E-state index in [0.717, 1.165) is 18.5 Å². The van der Waals surface area contributed by atoms with Gasteiger partial charge in [-0.3, -0.25) is 4.68 Å². The fourth-order valence-corrected chi connectivity index (χ4v) is 3.05. The molecule has 0 spiro atoms. The number of hydrogen-bond donors (Lipinski definition) is 1. The molecule has 1 atom stereocenters. The maximum Gasteiger partial charge on any atom is 0.0770 e. The van der Waals surface area contributed by atoms with Crippen LogP contribution in [0.3, 0.4) is 0 Å². The van der Waals surface area contributed by atoms with Crippen molar-refractivity contribution in [1.82, 2.24) is 19.9 Å². The molecule has 0 aliphatic heterocycles. The van der Waals surface area contributed by atoms with Gasteiger partial charge in [0.1, 0.15) is 0 Å². The van der Waals surface area contributed by atoms with Crippen LogP contribution in [0.5, 0.6) is 0 Å². The van der Waals surface area contributed by atoms with Crippen molar-refractivity contribution in [2.24, 2.45) is 12.8 Å². The van der Waals surface area contributed by atoms with Crippen molar-refractivity contribution in [3.05, 3.63) is 11.9 Å². The van der Waals surface area contributed by atoms with Crippen molar-refractivity contribution in [1.29, 1.82) is 0 Å². The quantitative estimate of drug-likeness (QED) is 0.854. The normalized spacial score (nSPS) is 21.7. The molecule has 0 bridgehead atoms. The van der Waals surface area contributed by atoms with E-state index in [1.165, 1.54) is 19.3 Å². The van der Waals surface area contributed by atoms with Gasteiger partial charge in [0.2, 0.25) is 0 Å². The Labute approximate surface area is 103 Å². The van der Waals surface area contributed by atoms with Crippen LogP contribution in [-0.4, -0.2) is 39.5 Å². The summed E-state index contributed by atoms with van der Waals surface area (Å²) >= 11 is 0. The van der Waals surface area contributed by atoms with Gasteiger partial charge < -0.3 is 10.6 Å². The molecule has 1 aliphatic rings. The molecule has 0 aromatic carbocycles. The van der Waals surface area contributed by atoms with E-state index in [-0.39, 0.29) is 11.6 Å². The molecule has 5 heteroatoms. The fraction of sp³-hybridized carbons (Fsp3) is 0.833. The van der Waals surface area contributed by atoms with Gasteiger partial charge in [-0.15, -0.1) is 5.10 Å². The van der Waals surface area contributed by atoms with E-state index < -0.39 is 0 Å². The zero-order chi connectivity index (χ0) is 12.5. The number of nitrogens with zero attached hydrogens (tertiary/aromatic N) is 4. The summed E-state index contributed by atoms with van der Waals surface area (Å²) in [5.41, 5.74) is 7.60. The van der Waals surface area contributed by atoms with Crippen LogP contribution in [-0.2, 0) is 7.05 Å². The van der Waals surface area contributed by atoms with Crippen LogP contribution in [0.1, 0.15) is 43.8 Å². The van der Waals surface area contributed by atoms with Crippen LogP contribution in [0.15, 0.2) is 6.20 Å².